The van der Waals surface area contributed by atoms with Crippen molar-refractivity contribution in [1.82, 2.24) is 9.91 Å². The quantitative estimate of drug-likeness (QED) is 0.266. The van der Waals surface area contributed by atoms with Gasteiger partial charge in [0.1, 0.15) is 6.54 Å². The van der Waals surface area contributed by atoms with E-state index in [2.05, 4.69) is 5.10 Å². The van der Waals surface area contributed by atoms with Gasteiger partial charge in [0, 0.05) is 37.8 Å². The molecule has 1 aromatic heterocycles. The molecule has 2 aromatic carbocycles. The third-order valence-electron chi connectivity index (χ3n) is 6.08. The molecule has 4 rings (SSSR count). The number of thiophene rings is 1. The van der Waals surface area contributed by atoms with Crippen LogP contribution in [0.5, 0.6) is 0 Å². The number of ether oxygens (including phenoxy) is 1. The molecule has 0 aliphatic carbocycles. The van der Waals surface area contributed by atoms with Crippen LogP contribution >= 0.6 is 11.3 Å². The number of nitro groups is 1. The Kier molecular flexibility index (Phi) is 8.41. The highest BCUT2D eigenvalue weighted by Crippen LogP contribution is 2.35. The SMILES string of the molecule is COCCN(CC(=O)N1N=C(c2cccs2)CC1c1cccc([N+](=O)[O-])c1)C(=O)c1ccc(C(F)(F)F)cc1. The minimum absolute atomic E-state index is 0.00108. The maximum Gasteiger partial charge on any atom is 0.416 e. The Morgan fingerprint density at radius 3 is 2.54 bits per heavy atom. The lowest BCUT2D eigenvalue weighted by Crippen LogP contribution is -2.42. The molecule has 0 saturated carbocycles. The van der Waals surface area contributed by atoms with Crippen molar-refractivity contribution < 1.29 is 32.4 Å². The maximum atomic E-state index is 13.6. The lowest BCUT2D eigenvalue weighted by molar-refractivity contribution is -0.385. The van der Waals surface area contributed by atoms with E-state index in [0.717, 1.165) is 29.1 Å². The zero-order chi connectivity index (χ0) is 28.2. The van der Waals surface area contributed by atoms with Crippen LogP contribution in [0.25, 0.3) is 0 Å². The van der Waals surface area contributed by atoms with E-state index < -0.39 is 41.1 Å². The lowest BCUT2D eigenvalue weighted by atomic mass is 10.0. The number of benzene rings is 2. The molecule has 0 bridgehead atoms. The van der Waals surface area contributed by atoms with Crippen molar-refractivity contribution in [3.8, 4) is 0 Å². The maximum absolute atomic E-state index is 13.6. The second-order valence-corrected chi connectivity index (χ2v) is 9.58. The molecular weight excluding hydrogens is 537 g/mol. The van der Waals surface area contributed by atoms with Gasteiger partial charge in [-0.25, -0.2) is 5.01 Å². The monoisotopic (exact) mass is 560 g/mol. The number of methoxy groups -OCH3 is 1. The summed E-state index contributed by atoms with van der Waals surface area (Å²) in [6.07, 6.45) is -4.25. The largest absolute Gasteiger partial charge is 0.416 e. The normalized spacial score (nSPS) is 15.2. The smallest absolute Gasteiger partial charge is 0.383 e. The Labute approximate surface area is 225 Å². The number of non-ortho nitro benzene ring substituents is 1. The summed E-state index contributed by atoms with van der Waals surface area (Å²) in [5.74, 6) is -1.21. The standard InChI is InChI=1S/C26H23F3N4O5S/c1-38-12-11-31(25(35)17-7-9-19(10-8-17)26(27,28)29)16-24(34)32-22(15-21(30-32)23-6-3-13-39-23)18-4-2-5-20(14-18)33(36)37/h2-10,13-14,22H,11-12,15-16H2,1H3. The van der Waals surface area contributed by atoms with E-state index >= 15 is 0 Å². The van der Waals surface area contributed by atoms with Gasteiger partial charge in [-0.1, -0.05) is 18.2 Å². The van der Waals surface area contributed by atoms with E-state index in [9.17, 15) is 32.9 Å². The number of nitrogens with zero attached hydrogens (tertiary/aromatic N) is 4. The average Bonchev–Trinajstić information content (AvgIpc) is 3.61. The van der Waals surface area contributed by atoms with E-state index in [4.69, 9.17) is 4.74 Å². The average molecular weight is 561 g/mol. The Hall–Kier alpha value is -4.10. The molecule has 2 heterocycles. The fourth-order valence-corrected chi connectivity index (χ4v) is 4.83. The van der Waals surface area contributed by atoms with Crippen LogP contribution in [0.2, 0.25) is 0 Å². The fraction of sp³-hybridized carbons (Fsp3) is 0.269. The third kappa shape index (κ3) is 6.49. The molecule has 0 saturated heterocycles. The van der Waals surface area contributed by atoms with Gasteiger partial charge in [-0.15, -0.1) is 11.3 Å². The first-order valence-electron chi connectivity index (χ1n) is 11.7. The Morgan fingerprint density at radius 2 is 1.92 bits per heavy atom. The Balaban J connectivity index is 1.61. The number of carbonyl (C=O) groups is 2. The summed E-state index contributed by atoms with van der Waals surface area (Å²) in [6.45, 7) is -0.355. The first-order valence-corrected chi connectivity index (χ1v) is 12.6. The minimum Gasteiger partial charge on any atom is -0.383 e. The molecule has 204 valence electrons. The highest BCUT2D eigenvalue weighted by Gasteiger charge is 2.36. The van der Waals surface area contributed by atoms with E-state index in [1.165, 1.54) is 46.6 Å². The molecule has 0 fully saturated rings. The first kappa shape index (κ1) is 27.9. The number of carbonyl (C=O) groups excluding carboxylic acids is 2. The fourth-order valence-electron chi connectivity index (χ4n) is 4.11. The zero-order valence-electron chi connectivity index (χ0n) is 20.6. The van der Waals surface area contributed by atoms with Gasteiger partial charge >= 0.3 is 6.18 Å². The van der Waals surface area contributed by atoms with E-state index in [1.807, 2.05) is 17.5 Å². The Bertz CT molecular complexity index is 1380. The molecule has 0 radical (unpaired) electrons. The molecule has 1 unspecified atom stereocenters. The third-order valence-corrected chi connectivity index (χ3v) is 6.99. The molecule has 9 nitrogen and oxygen atoms in total. The summed E-state index contributed by atoms with van der Waals surface area (Å²) in [5, 5.41) is 18.9. The molecule has 1 atom stereocenters. The second-order valence-electron chi connectivity index (χ2n) is 8.63. The van der Waals surface area contributed by atoms with Gasteiger partial charge in [0.15, 0.2) is 0 Å². The van der Waals surface area contributed by atoms with Gasteiger partial charge in [-0.3, -0.25) is 19.7 Å². The van der Waals surface area contributed by atoms with Gasteiger partial charge in [0.25, 0.3) is 17.5 Å². The van der Waals surface area contributed by atoms with Crippen LogP contribution in [0.1, 0.15) is 38.8 Å². The number of amides is 2. The van der Waals surface area contributed by atoms with Crippen LogP contribution in [0.3, 0.4) is 0 Å². The second kappa shape index (κ2) is 11.7. The van der Waals surface area contributed by atoms with Crippen molar-refractivity contribution in [3.05, 3.63) is 97.7 Å². The van der Waals surface area contributed by atoms with Gasteiger partial charge in [-0.2, -0.15) is 18.3 Å². The molecular formula is C26H23F3N4O5S. The summed E-state index contributed by atoms with van der Waals surface area (Å²) in [6, 6.07) is 12.7. The molecule has 1 aliphatic heterocycles. The highest BCUT2D eigenvalue weighted by molar-refractivity contribution is 7.12. The Morgan fingerprint density at radius 1 is 1.18 bits per heavy atom. The molecule has 2 amide bonds. The first-order chi connectivity index (χ1) is 18.6. The summed E-state index contributed by atoms with van der Waals surface area (Å²) < 4.78 is 43.9. The van der Waals surface area contributed by atoms with Crippen LogP contribution in [-0.4, -0.2) is 59.2 Å². The molecule has 13 heteroatoms. The van der Waals surface area contributed by atoms with Crippen LogP contribution in [0.4, 0.5) is 18.9 Å². The summed E-state index contributed by atoms with van der Waals surface area (Å²) >= 11 is 1.43. The van der Waals surface area contributed by atoms with Crippen LogP contribution < -0.4 is 0 Å². The van der Waals surface area contributed by atoms with Crippen molar-refractivity contribution in [2.75, 3.05) is 26.8 Å². The van der Waals surface area contributed by atoms with Crippen molar-refractivity contribution in [2.24, 2.45) is 5.10 Å². The lowest BCUT2D eigenvalue weighted by Gasteiger charge is -2.27. The molecule has 0 N–H and O–H groups in total. The number of halogens is 3. The number of hydrazone groups is 1. The summed E-state index contributed by atoms with van der Waals surface area (Å²) in [5.41, 5.74) is 0.0682. The number of hydrogen-bond acceptors (Lipinski definition) is 7. The topological polar surface area (TPSA) is 105 Å². The van der Waals surface area contributed by atoms with Crippen molar-refractivity contribution in [2.45, 2.75) is 18.6 Å². The van der Waals surface area contributed by atoms with E-state index in [0.29, 0.717) is 17.7 Å². The van der Waals surface area contributed by atoms with Crippen LogP contribution in [0, 0.1) is 10.1 Å². The number of rotatable bonds is 9. The number of hydrogen-bond donors (Lipinski definition) is 0. The van der Waals surface area contributed by atoms with Crippen LogP contribution in [0.15, 0.2) is 71.1 Å². The molecule has 1 aliphatic rings. The summed E-state index contributed by atoms with van der Waals surface area (Å²) in [4.78, 5) is 39.6. The van der Waals surface area contributed by atoms with E-state index in [1.54, 1.807) is 6.07 Å². The highest BCUT2D eigenvalue weighted by atomic mass is 32.1. The van der Waals surface area contributed by atoms with E-state index in [-0.39, 0.29) is 24.4 Å². The van der Waals surface area contributed by atoms with Crippen LogP contribution in [-0.2, 0) is 15.7 Å². The predicted molar refractivity (Wildman–Crippen MR) is 137 cm³/mol. The minimum atomic E-state index is -4.55. The zero-order valence-corrected chi connectivity index (χ0v) is 21.4. The van der Waals surface area contributed by atoms with Gasteiger partial charge in [0.2, 0.25) is 0 Å². The van der Waals surface area contributed by atoms with Gasteiger partial charge in [-0.05, 0) is 41.3 Å². The predicted octanol–water partition coefficient (Wildman–Crippen LogP) is 5.14. The van der Waals surface area contributed by atoms with Gasteiger partial charge < -0.3 is 9.64 Å². The van der Waals surface area contributed by atoms with Crippen molar-refractivity contribution >= 4 is 34.6 Å². The molecule has 0 spiro atoms. The van der Waals surface area contributed by atoms with Crippen molar-refractivity contribution in [3.63, 3.8) is 0 Å². The van der Waals surface area contributed by atoms with Gasteiger partial charge in [0.05, 0.1) is 33.7 Å². The number of alkyl halides is 3. The summed E-state index contributed by atoms with van der Waals surface area (Å²) in [7, 11) is 1.42. The van der Waals surface area contributed by atoms with Crippen molar-refractivity contribution in [1.29, 1.82) is 0 Å². The number of nitro benzene ring substituents is 1. The molecule has 39 heavy (non-hydrogen) atoms. The molecule has 3 aromatic rings.